The summed E-state index contributed by atoms with van der Waals surface area (Å²) in [7, 11) is 6.46. The Hall–Kier alpha value is -0.120. The van der Waals surface area contributed by atoms with Crippen LogP contribution in [-0.2, 0) is 0 Å². The SMILES string of the molecule is CN(C)CCCN(C)CC(N)C1CCCC1. The van der Waals surface area contributed by atoms with E-state index < -0.39 is 0 Å². The van der Waals surface area contributed by atoms with Gasteiger partial charge in [-0.3, -0.25) is 0 Å². The first-order chi connectivity index (χ1) is 7.59. The predicted octanol–water partition coefficient (Wildman–Crippen LogP) is 1.39. The van der Waals surface area contributed by atoms with Crippen molar-refractivity contribution in [2.24, 2.45) is 11.7 Å². The zero-order valence-corrected chi connectivity index (χ0v) is 11.3. The molecule has 3 heteroatoms. The minimum absolute atomic E-state index is 0.395. The standard InChI is InChI=1S/C13H29N3/c1-15(2)9-6-10-16(3)11-13(14)12-7-4-5-8-12/h12-13H,4-11,14H2,1-3H3. The Morgan fingerprint density at radius 3 is 2.31 bits per heavy atom. The van der Waals surface area contributed by atoms with Gasteiger partial charge in [0.25, 0.3) is 0 Å². The van der Waals surface area contributed by atoms with Crippen LogP contribution in [-0.4, -0.2) is 56.6 Å². The molecular formula is C13H29N3. The fourth-order valence-electron chi connectivity index (χ4n) is 2.64. The highest BCUT2D eigenvalue weighted by molar-refractivity contribution is 4.79. The molecule has 0 heterocycles. The molecule has 16 heavy (non-hydrogen) atoms. The van der Waals surface area contributed by atoms with Crippen LogP contribution >= 0.6 is 0 Å². The summed E-state index contributed by atoms with van der Waals surface area (Å²) in [5, 5.41) is 0. The fourth-order valence-corrected chi connectivity index (χ4v) is 2.64. The lowest BCUT2D eigenvalue weighted by atomic mass is 9.98. The highest BCUT2D eigenvalue weighted by Crippen LogP contribution is 2.26. The molecule has 0 aromatic carbocycles. The van der Waals surface area contributed by atoms with Gasteiger partial charge >= 0.3 is 0 Å². The number of likely N-dealkylation sites (N-methyl/N-ethyl adjacent to an activating group) is 1. The third kappa shape index (κ3) is 5.28. The van der Waals surface area contributed by atoms with E-state index in [4.69, 9.17) is 5.73 Å². The molecule has 1 aliphatic carbocycles. The molecule has 0 amide bonds. The molecule has 0 bridgehead atoms. The molecule has 0 radical (unpaired) electrons. The van der Waals surface area contributed by atoms with Crippen molar-refractivity contribution >= 4 is 0 Å². The van der Waals surface area contributed by atoms with Crippen molar-refractivity contribution in [3.05, 3.63) is 0 Å². The summed E-state index contributed by atoms with van der Waals surface area (Å²) in [6.07, 6.45) is 6.73. The van der Waals surface area contributed by atoms with Crippen molar-refractivity contribution in [2.45, 2.75) is 38.1 Å². The van der Waals surface area contributed by atoms with E-state index in [1.54, 1.807) is 0 Å². The van der Waals surface area contributed by atoms with Crippen molar-refractivity contribution in [1.29, 1.82) is 0 Å². The maximum absolute atomic E-state index is 6.26. The molecule has 0 aromatic heterocycles. The smallest absolute Gasteiger partial charge is 0.0196 e. The minimum Gasteiger partial charge on any atom is -0.326 e. The molecule has 0 aliphatic heterocycles. The average molecular weight is 227 g/mol. The zero-order chi connectivity index (χ0) is 12.0. The molecule has 1 rings (SSSR count). The molecule has 1 saturated carbocycles. The topological polar surface area (TPSA) is 32.5 Å². The van der Waals surface area contributed by atoms with Crippen LogP contribution < -0.4 is 5.73 Å². The Kier molecular flexibility index (Phi) is 6.32. The number of rotatable bonds is 7. The molecule has 0 aromatic rings. The molecule has 1 fully saturated rings. The minimum atomic E-state index is 0.395. The summed E-state index contributed by atoms with van der Waals surface area (Å²) in [5.74, 6) is 0.788. The van der Waals surface area contributed by atoms with Gasteiger partial charge in [0.2, 0.25) is 0 Å². The molecule has 1 unspecified atom stereocenters. The largest absolute Gasteiger partial charge is 0.326 e. The average Bonchev–Trinajstić information content (AvgIpc) is 2.69. The summed E-state index contributed by atoms with van der Waals surface area (Å²) < 4.78 is 0. The van der Waals surface area contributed by atoms with E-state index in [1.807, 2.05) is 0 Å². The lowest BCUT2D eigenvalue weighted by molar-refractivity contribution is 0.256. The molecule has 3 nitrogen and oxygen atoms in total. The molecule has 0 spiro atoms. The van der Waals surface area contributed by atoms with Gasteiger partial charge in [0.05, 0.1) is 0 Å². The van der Waals surface area contributed by atoms with Gasteiger partial charge in [0.15, 0.2) is 0 Å². The van der Waals surface area contributed by atoms with Crippen LogP contribution in [0.3, 0.4) is 0 Å². The van der Waals surface area contributed by atoms with Gasteiger partial charge < -0.3 is 15.5 Å². The summed E-state index contributed by atoms with van der Waals surface area (Å²) in [6, 6.07) is 0.395. The molecule has 96 valence electrons. The van der Waals surface area contributed by atoms with E-state index in [0.29, 0.717) is 6.04 Å². The number of nitrogens with two attached hydrogens (primary N) is 1. The van der Waals surface area contributed by atoms with Crippen molar-refractivity contribution in [3.63, 3.8) is 0 Å². The van der Waals surface area contributed by atoms with E-state index in [1.165, 1.54) is 45.2 Å². The van der Waals surface area contributed by atoms with E-state index in [0.717, 1.165) is 12.5 Å². The van der Waals surface area contributed by atoms with Crippen molar-refractivity contribution in [2.75, 3.05) is 40.8 Å². The highest BCUT2D eigenvalue weighted by atomic mass is 15.1. The van der Waals surface area contributed by atoms with E-state index >= 15 is 0 Å². The second-order valence-corrected chi connectivity index (χ2v) is 5.63. The van der Waals surface area contributed by atoms with Crippen LogP contribution in [0, 0.1) is 5.92 Å². The Morgan fingerprint density at radius 2 is 1.75 bits per heavy atom. The van der Waals surface area contributed by atoms with Crippen molar-refractivity contribution in [3.8, 4) is 0 Å². The first-order valence-corrected chi connectivity index (χ1v) is 6.68. The third-order valence-electron chi connectivity index (χ3n) is 3.67. The first-order valence-electron chi connectivity index (χ1n) is 6.68. The predicted molar refractivity (Wildman–Crippen MR) is 70.6 cm³/mol. The monoisotopic (exact) mass is 227 g/mol. The lowest BCUT2D eigenvalue weighted by Crippen LogP contribution is -2.40. The molecule has 0 saturated heterocycles. The Bertz CT molecular complexity index is 176. The van der Waals surface area contributed by atoms with E-state index in [9.17, 15) is 0 Å². The van der Waals surface area contributed by atoms with E-state index in [2.05, 4.69) is 30.9 Å². The number of nitrogens with zero attached hydrogens (tertiary/aromatic N) is 2. The third-order valence-corrected chi connectivity index (χ3v) is 3.67. The number of hydrogen-bond donors (Lipinski definition) is 1. The number of hydrogen-bond acceptors (Lipinski definition) is 3. The maximum Gasteiger partial charge on any atom is 0.0196 e. The van der Waals surface area contributed by atoms with Gasteiger partial charge in [0.1, 0.15) is 0 Å². The quantitative estimate of drug-likeness (QED) is 0.713. The van der Waals surface area contributed by atoms with Crippen molar-refractivity contribution in [1.82, 2.24) is 9.80 Å². The zero-order valence-electron chi connectivity index (χ0n) is 11.3. The molecular weight excluding hydrogens is 198 g/mol. The second-order valence-electron chi connectivity index (χ2n) is 5.63. The molecule has 2 N–H and O–H groups in total. The normalized spacial score (nSPS) is 19.9. The van der Waals surface area contributed by atoms with Gasteiger partial charge in [-0.05, 0) is 59.4 Å². The molecule has 1 aliphatic rings. The van der Waals surface area contributed by atoms with Gasteiger partial charge in [-0.1, -0.05) is 12.8 Å². The second kappa shape index (κ2) is 7.25. The Labute approximate surface area is 101 Å². The van der Waals surface area contributed by atoms with Crippen LogP contribution in [0.25, 0.3) is 0 Å². The highest BCUT2D eigenvalue weighted by Gasteiger charge is 2.22. The van der Waals surface area contributed by atoms with Gasteiger partial charge in [-0.2, -0.15) is 0 Å². The van der Waals surface area contributed by atoms with Crippen LogP contribution in [0.15, 0.2) is 0 Å². The van der Waals surface area contributed by atoms with Gasteiger partial charge in [0, 0.05) is 12.6 Å². The van der Waals surface area contributed by atoms with Gasteiger partial charge in [-0.15, -0.1) is 0 Å². The summed E-state index contributed by atoms with van der Waals surface area (Å²) >= 11 is 0. The van der Waals surface area contributed by atoms with Crippen LogP contribution in [0.5, 0.6) is 0 Å². The summed E-state index contributed by atoms with van der Waals surface area (Å²) in [6.45, 7) is 3.40. The van der Waals surface area contributed by atoms with Crippen molar-refractivity contribution < 1.29 is 0 Å². The fraction of sp³-hybridized carbons (Fsp3) is 1.00. The van der Waals surface area contributed by atoms with Crippen LogP contribution in [0.2, 0.25) is 0 Å². The Morgan fingerprint density at radius 1 is 1.12 bits per heavy atom. The van der Waals surface area contributed by atoms with Crippen LogP contribution in [0.4, 0.5) is 0 Å². The molecule has 1 atom stereocenters. The van der Waals surface area contributed by atoms with Crippen LogP contribution in [0.1, 0.15) is 32.1 Å². The van der Waals surface area contributed by atoms with Gasteiger partial charge in [-0.25, -0.2) is 0 Å². The summed E-state index contributed by atoms with van der Waals surface area (Å²) in [5.41, 5.74) is 6.26. The maximum atomic E-state index is 6.26. The van der Waals surface area contributed by atoms with E-state index in [-0.39, 0.29) is 0 Å². The lowest BCUT2D eigenvalue weighted by Gasteiger charge is -2.25. The Balaban J connectivity index is 2.10. The first kappa shape index (κ1) is 13.9. The summed E-state index contributed by atoms with van der Waals surface area (Å²) in [4.78, 5) is 4.64.